The highest BCUT2D eigenvalue weighted by Crippen LogP contribution is 2.17. The molecule has 1 unspecified atom stereocenters. The Bertz CT molecular complexity index is 1230. The lowest BCUT2D eigenvalue weighted by molar-refractivity contribution is -0.136. The van der Waals surface area contributed by atoms with Gasteiger partial charge in [0.05, 0.1) is 12.2 Å². The number of nitrogen functional groups attached to an aromatic ring is 1. The molecule has 36 heavy (non-hydrogen) atoms. The minimum absolute atomic E-state index is 0.0225. The highest BCUT2D eigenvalue weighted by atomic mass is 16.5. The minimum atomic E-state index is -1.23. The van der Waals surface area contributed by atoms with Crippen molar-refractivity contribution in [3.63, 3.8) is 0 Å². The molecule has 1 atom stereocenters. The lowest BCUT2D eigenvalue weighted by Crippen LogP contribution is -2.35. The van der Waals surface area contributed by atoms with Crippen LogP contribution >= 0.6 is 0 Å². The maximum atomic E-state index is 12.5. The van der Waals surface area contributed by atoms with Crippen molar-refractivity contribution in [2.45, 2.75) is 19.7 Å². The second-order valence-corrected chi connectivity index (χ2v) is 7.84. The molecule has 0 radical (unpaired) electrons. The minimum Gasteiger partial charge on any atom is -0.460 e. The van der Waals surface area contributed by atoms with Gasteiger partial charge in [-0.05, 0) is 48.9 Å². The number of hydrogen-bond donors (Lipinski definition) is 3. The monoisotopic (exact) mass is 488 g/mol. The van der Waals surface area contributed by atoms with Gasteiger partial charge in [0.25, 0.3) is 0 Å². The first-order valence-electron chi connectivity index (χ1n) is 11.2. The summed E-state index contributed by atoms with van der Waals surface area (Å²) in [6.45, 7) is 2.14. The number of likely N-dealkylation sites (N-methyl/N-ethyl adjacent to an activating group) is 1. The Kier molecular flexibility index (Phi) is 8.90. The second kappa shape index (κ2) is 12.3. The Morgan fingerprint density at radius 2 is 1.61 bits per heavy atom. The number of nitrogens with two attached hydrogens (primary N) is 1. The van der Waals surface area contributed by atoms with Crippen LogP contribution in [0.1, 0.15) is 40.2 Å². The van der Waals surface area contributed by atoms with Gasteiger partial charge in [-0.2, -0.15) is 0 Å². The van der Waals surface area contributed by atoms with Crippen molar-refractivity contribution >= 4 is 23.6 Å². The lowest BCUT2D eigenvalue weighted by atomic mass is 10.1. The fraction of sp³-hybridized carbons (Fsp3) is 0.185. The summed E-state index contributed by atoms with van der Waals surface area (Å²) in [4.78, 5) is 30.8. The number of hydrogen-bond acceptors (Lipinski definition) is 7. The third-order valence-electron chi connectivity index (χ3n) is 5.15. The molecule has 3 rings (SSSR count). The van der Waals surface area contributed by atoms with Gasteiger partial charge in [0.15, 0.2) is 6.23 Å². The first-order valence-corrected chi connectivity index (χ1v) is 11.2. The summed E-state index contributed by atoms with van der Waals surface area (Å²) in [6.07, 6.45) is -1.23. The molecule has 0 spiro atoms. The Labute approximate surface area is 209 Å². The molecular weight excluding hydrogens is 460 g/mol. The first kappa shape index (κ1) is 26.1. The van der Waals surface area contributed by atoms with Crippen molar-refractivity contribution < 1.29 is 24.2 Å². The summed E-state index contributed by atoms with van der Waals surface area (Å²) in [5, 5.41) is 17.9. The van der Waals surface area contributed by atoms with E-state index in [2.05, 4.69) is 4.99 Å². The average Bonchev–Trinajstić information content (AvgIpc) is 2.88. The third kappa shape index (κ3) is 7.00. The van der Waals surface area contributed by atoms with Crippen LogP contribution in [0, 0.1) is 5.41 Å². The van der Waals surface area contributed by atoms with Gasteiger partial charge in [0, 0.05) is 24.7 Å². The average molecular weight is 489 g/mol. The van der Waals surface area contributed by atoms with E-state index in [0.29, 0.717) is 22.4 Å². The number of aliphatic hydroxyl groups is 1. The summed E-state index contributed by atoms with van der Waals surface area (Å²) in [5.74, 6) is -0.942. The largest absolute Gasteiger partial charge is 0.460 e. The SMILES string of the molecule is CCOC(=O)C(=NC(O)c1ccccc1)N(C)Cc1ccc(C(=O)Oc2ccc(C(=N)N)cc2)cc1. The molecule has 0 saturated heterocycles. The predicted molar refractivity (Wildman–Crippen MR) is 136 cm³/mol. The van der Waals surface area contributed by atoms with E-state index >= 15 is 0 Å². The number of esters is 2. The number of nitrogens with one attached hydrogen (secondary N) is 1. The normalized spacial score (nSPS) is 11.9. The molecule has 0 aliphatic heterocycles. The van der Waals surface area contributed by atoms with Crippen LogP contribution in [0.2, 0.25) is 0 Å². The molecule has 0 aromatic heterocycles. The van der Waals surface area contributed by atoms with Crippen LogP contribution in [0.5, 0.6) is 5.75 Å². The highest BCUT2D eigenvalue weighted by Gasteiger charge is 2.21. The molecule has 0 amide bonds. The molecular formula is C27H28N4O5. The third-order valence-corrected chi connectivity index (χ3v) is 5.15. The number of nitrogens with zero attached hydrogens (tertiary/aromatic N) is 2. The summed E-state index contributed by atoms with van der Waals surface area (Å²) >= 11 is 0. The van der Waals surface area contributed by atoms with Gasteiger partial charge >= 0.3 is 11.9 Å². The number of benzene rings is 3. The van der Waals surface area contributed by atoms with Gasteiger partial charge in [-0.25, -0.2) is 14.6 Å². The second-order valence-electron chi connectivity index (χ2n) is 7.84. The summed E-state index contributed by atoms with van der Waals surface area (Å²) in [5.41, 5.74) is 7.65. The van der Waals surface area contributed by atoms with E-state index in [4.69, 9.17) is 20.6 Å². The Morgan fingerprint density at radius 1 is 1.00 bits per heavy atom. The Hall–Kier alpha value is -4.50. The van der Waals surface area contributed by atoms with E-state index in [9.17, 15) is 14.7 Å². The van der Waals surface area contributed by atoms with E-state index in [1.165, 1.54) is 0 Å². The van der Waals surface area contributed by atoms with Crippen LogP contribution < -0.4 is 10.5 Å². The fourth-order valence-corrected chi connectivity index (χ4v) is 3.28. The lowest BCUT2D eigenvalue weighted by Gasteiger charge is -2.21. The number of aliphatic hydroxyl groups excluding tert-OH is 1. The van der Waals surface area contributed by atoms with Crippen molar-refractivity contribution in [3.05, 3.63) is 101 Å². The van der Waals surface area contributed by atoms with Crippen LogP contribution in [0.15, 0.2) is 83.9 Å². The van der Waals surface area contributed by atoms with Crippen LogP contribution in [0.3, 0.4) is 0 Å². The molecule has 0 bridgehead atoms. The molecule has 3 aromatic rings. The van der Waals surface area contributed by atoms with Crippen molar-refractivity contribution in [2.75, 3.05) is 13.7 Å². The van der Waals surface area contributed by atoms with Gasteiger partial charge < -0.3 is 25.2 Å². The molecule has 0 aliphatic rings. The Balaban J connectivity index is 1.70. The van der Waals surface area contributed by atoms with Gasteiger partial charge in [0.2, 0.25) is 5.84 Å². The van der Waals surface area contributed by atoms with Gasteiger partial charge in [-0.3, -0.25) is 5.41 Å². The first-order chi connectivity index (χ1) is 17.3. The number of ether oxygens (including phenoxy) is 2. The van der Waals surface area contributed by atoms with Gasteiger partial charge in [-0.15, -0.1) is 0 Å². The van der Waals surface area contributed by atoms with Crippen molar-refractivity contribution in [1.82, 2.24) is 4.90 Å². The van der Waals surface area contributed by atoms with Crippen molar-refractivity contribution in [3.8, 4) is 5.75 Å². The smallest absolute Gasteiger partial charge is 0.373 e. The zero-order chi connectivity index (χ0) is 26.1. The maximum absolute atomic E-state index is 12.5. The molecule has 0 saturated carbocycles. The van der Waals surface area contributed by atoms with Crippen LogP contribution in [-0.4, -0.2) is 47.3 Å². The molecule has 0 fully saturated rings. The van der Waals surface area contributed by atoms with Gasteiger partial charge in [0.1, 0.15) is 11.6 Å². The maximum Gasteiger partial charge on any atom is 0.373 e. The summed E-state index contributed by atoms with van der Waals surface area (Å²) in [7, 11) is 1.67. The van der Waals surface area contributed by atoms with Gasteiger partial charge in [-0.1, -0.05) is 42.5 Å². The highest BCUT2D eigenvalue weighted by molar-refractivity contribution is 6.35. The molecule has 9 nitrogen and oxygen atoms in total. The molecule has 9 heteroatoms. The van der Waals surface area contributed by atoms with Crippen LogP contribution in [0.25, 0.3) is 0 Å². The quantitative estimate of drug-likeness (QED) is 0.191. The number of aliphatic imine (C=N–C) groups is 1. The standard InChI is InChI=1S/C27H28N4O5/c1-3-35-27(34)24(30-25(32)20-7-5-4-6-8-20)31(2)17-18-9-11-21(12-10-18)26(33)36-22-15-13-19(14-16-22)23(28)29/h4-16,25,32H,3,17H2,1-2H3,(H3,28,29). The molecule has 3 aromatic carbocycles. The van der Waals surface area contributed by atoms with Crippen LogP contribution in [-0.2, 0) is 16.1 Å². The zero-order valence-corrected chi connectivity index (χ0v) is 20.0. The van der Waals surface area contributed by atoms with E-state index in [0.717, 1.165) is 5.56 Å². The van der Waals surface area contributed by atoms with E-state index in [1.807, 2.05) is 6.07 Å². The van der Waals surface area contributed by atoms with Crippen molar-refractivity contribution in [1.29, 1.82) is 5.41 Å². The zero-order valence-electron chi connectivity index (χ0n) is 20.0. The van der Waals surface area contributed by atoms with E-state index < -0.39 is 18.2 Å². The molecule has 0 heterocycles. The fourth-order valence-electron chi connectivity index (χ4n) is 3.28. The summed E-state index contributed by atoms with van der Waals surface area (Å²) in [6, 6.07) is 21.8. The number of carbonyl (C=O) groups excluding carboxylic acids is 2. The molecule has 186 valence electrons. The Morgan fingerprint density at radius 3 is 2.19 bits per heavy atom. The van der Waals surface area contributed by atoms with Crippen molar-refractivity contribution in [2.24, 2.45) is 10.7 Å². The number of carbonyl (C=O) groups is 2. The molecule has 0 aliphatic carbocycles. The van der Waals surface area contributed by atoms with E-state index in [-0.39, 0.29) is 24.8 Å². The number of rotatable bonds is 8. The van der Waals surface area contributed by atoms with E-state index in [1.54, 1.807) is 91.7 Å². The predicted octanol–water partition coefficient (Wildman–Crippen LogP) is 3.27. The summed E-state index contributed by atoms with van der Waals surface area (Å²) < 4.78 is 10.5. The molecule has 4 N–H and O–H groups in total. The number of amidine groups is 2. The topological polar surface area (TPSA) is 138 Å². The van der Waals surface area contributed by atoms with Crippen LogP contribution in [0.4, 0.5) is 0 Å².